The number of carbonyl (C=O) groups excluding carboxylic acids is 2. The number of guanidine groups is 1. The number of hydrogen-bond donors (Lipinski definition) is 4. The Labute approximate surface area is 157 Å². The molecule has 1 aromatic carbocycles. The van der Waals surface area contributed by atoms with Crippen molar-refractivity contribution in [3.05, 3.63) is 41.6 Å². The Morgan fingerprint density at radius 3 is 2.74 bits per heavy atom. The van der Waals surface area contributed by atoms with Crippen LogP contribution in [0.15, 0.2) is 41.0 Å². The second-order valence-electron chi connectivity index (χ2n) is 6.21. The van der Waals surface area contributed by atoms with E-state index >= 15 is 0 Å². The minimum absolute atomic E-state index is 0.0910. The first-order valence-electron chi connectivity index (χ1n) is 8.96. The monoisotopic (exact) mass is 367 g/mol. The molecule has 0 aliphatic carbocycles. The summed E-state index contributed by atoms with van der Waals surface area (Å²) in [6.07, 6.45) is 5.46. The second kappa shape index (κ2) is 8.33. The molecule has 1 atom stereocenters. The molecule has 2 amide bonds. The van der Waals surface area contributed by atoms with Crippen LogP contribution in [0.1, 0.15) is 30.1 Å². The summed E-state index contributed by atoms with van der Waals surface area (Å²) < 4.78 is 4.14. The van der Waals surface area contributed by atoms with E-state index in [0.29, 0.717) is 17.2 Å². The van der Waals surface area contributed by atoms with E-state index in [9.17, 15) is 9.59 Å². The second-order valence-corrected chi connectivity index (χ2v) is 6.21. The molecule has 27 heavy (non-hydrogen) atoms. The Hall–Kier alpha value is -3.38. The number of unbranched alkanes of at least 4 members (excludes halogenated alkanes) is 1. The van der Waals surface area contributed by atoms with Crippen LogP contribution in [-0.4, -0.2) is 49.3 Å². The number of nitrogens with one attached hydrogen (secondary N) is 4. The summed E-state index contributed by atoms with van der Waals surface area (Å²) >= 11 is 0. The number of aliphatic imine (C=N–C) groups is 1. The molecule has 8 heteroatoms. The molecule has 1 aromatic rings. The number of nitrogens with zero attached hydrogens (tertiary/aromatic N) is 2. The zero-order chi connectivity index (χ0) is 19.2. The highest BCUT2D eigenvalue weighted by Gasteiger charge is 2.31. The van der Waals surface area contributed by atoms with Crippen LogP contribution in [0.5, 0.6) is 0 Å². The van der Waals surface area contributed by atoms with Crippen LogP contribution in [0, 0.1) is 0 Å². The predicted octanol–water partition coefficient (Wildman–Crippen LogP) is 0.179. The highest BCUT2D eigenvalue weighted by atomic mass is 16.2. The number of hydrogen-bond acceptors (Lipinski definition) is 5. The van der Waals surface area contributed by atoms with Crippen molar-refractivity contribution in [2.24, 2.45) is 4.99 Å². The van der Waals surface area contributed by atoms with Gasteiger partial charge < -0.3 is 10.6 Å². The minimum Gasteiger partial charge on any atom is -0.385 e. The molecule has 8 nitrogen and oxygen atoms in total. The summed E-state index contributed by atoms with van der Waals surface area (Å²) in [4.78, 5) is 28.4. The maximum absolute atomic E-state index is 12.4. The van der Waals surface area contributed by atoms with Gasteiger partial charge in [0.2, 0.25) is 0 Å². The zero-order valence-corrected chi connectivity index (χ0v) is 15.4. The van der Waals surface area contributed by atoms with Crippen molar-refractivity contribution in [3.63, 3.8) is 0 Å². The first-order chi connectivity index (χ1) is 13.1. The molecule has 0 bridgehead atoms. The van der Waals surface area contributed by atoms with Crippen LogP contribution < -0.4 is 25.9 Å². The Morgan fingerprint density at radius 1 is 1.30 bits per heavy atom. The van der Waals surface area contributed by atoms with Crippen LogP contribution in [0.3, 0.4) is 0 Å². The van der Waals surface area contributed by atoms with Crippen LogP contribution in [0.25, 0.3) is 0 Å². The van der Waals surface area contributed by atoms with Crippen molar-refractivity contribution < 1.29 is 9.59 Å². The Balaban J connectivity index is 1.66. The van der Waals surface area contributed by atoms with Crippen LogP contribution >= 0.6 is 0 Å². The largest absolute Gasteiger partial charge is 0.439 e. The van der Waals surface area contributed by atoms with Gasteiger partial charge in [-0.05, 0) is 36.8 Å². The molecule has 140 valence electrons. The zero-order valence-electron chi connectivity index (χ0n) is 15.4. The standard InChI is InChI=1S/C19H22N6O2/c1-3-4-9-21-13-7-5-12(6-8-13)17(26)24-15-10-14(23-18(15)27)16-11-22-19(20-2)25-16/h5-8,10-11,16H,3-4,9H2,1-2H3,(H3,20,21,23,24,25,26,27)/p+1. The molecule has 0 saturated carbocycles. The molecular formula is C19H23N6O2+. The fourth-order valence-corrected chi connectivity index (χ4v) is 2.67. The van der Waals surface area contributed by atoms with Gasteiger partial charge in [-0.2, -0.15) is 0 Å². The molecule has 2 aliphatic rings. The summed E-state index contributed by atoms with van der Waals surface area (Å²) in [7, 11) is 1.75. The quantitative estimate of drug-likeness (QED) is 0.424. The van der Waals surface area contributed by atoms with Crippen molar-refractivity contribution >= 4 is 35.4 Å². The van der Waals surface area contributed by atoms with E-state index in [-0.39, 0.29) is 11.8 Å². The van der Waals surface area contributed by atoms with E-state index in [4.69, 9.17) is 0 Å². The van der Waals surface area contributed by atoms with Crippen LogP contribution in [0.4, 0.5) is 5.69 Å². The lowest BCUT2D eigenvalue weighted by molar-refractivity contribution is -0.113. The van der Waals surface area contributed by atoms with Gasteiger partial charge in [-0.25, -0.2) is 15.0 Å². The summed E-state index contributed by atoms with van der Waals surface area (Å²) in [5, 5.41) is 12.0. The maximum atomic E-state index is 12.4. The molecule has 0 aromatic heterocycles. The first-order valence-corrected chi connectivity index (χ1v) is 8.96. The molecule has 4 N–H and O–H groups in total. The fourth-order valence-electron chi connectivity index (χ4n) is 2.67. The van der Waals surface area contributed by atoms with Crippen molar-refractivity contribution in [1.29, 1.82) is 0 Å². The molecule has 0 saturated heterocycles. The predicted molar refractivity (Wildman–Crippen MR) is 107 cm³/mol. The normalized spacial score (nSPS) is 19.4. The van der Waals surface area contributed by atoms with E-state index in [2.05, 4.69) is 37.9 Å². The topological polar surface area (TPSA) is 109 Å². The van der Waals surface area contributed by atoms with Gasteiger partial charge in [0.05, 0.1) is 12.7 Å². The maximum Gasteiger partial charge on any atom is 0.439 e. The Kier molecular flexibility index (Phi) is 5.68. The lowest BCUT2D eigenvalue weighted by Gasteiger charge is -2.05. The Morgan fingerprint density at radius 2 is 2.07 bits per heavy atom. The first kappa shape index (κ1) is 18.4. The molecule has 2 aliphatic heterocycles. The average Bonchev–Trinajstić information content (AvgIpc) is 3.29. The summed E-state index contributed by atoms with van der Waals surface area (Å²) in [6, 6.07) is 6.84. The van der Waals surface area contributed by atoms with Gasteiger partial charge >= 0.3 is 5.96 Å². The molecule has 3 rings (SSSR count). The molecule has 0 fully saturated rings. The van der Waals surface area contributed by atoms with Gasteiger partial charge in [0.15, 0.2) is 12.3 Å². The smallest absolute Gasteiger partial charge is 0.385 e. The van der Waals surface area contributed by atoms with Crippen molar-refractivity contribution in [3.8, 4) is 0 Å². The average molecular weight is 367 g/mol. The van der Waals surface area contributed by atoms with Gasteiger partial charge in [-0.1, -0.05) is 13.3 Å². The van der Waals surface area contributed by atoms with E-state index in [0.717, 1.165) is 25.1 Å². The number of amides is 2. The fraction of sp³-hybridized carbons (Fsp3) is 0.316. The third-order valence-corrected chi connectivity index (χ3v) is 4.21. The van der Waals surface area contributed by atoms with Gasteiger partial charge in [0, 0.05) is 17.8 Å². The lowest BCUT2D eigenvalue weighted by atomic mass is 10.2. The van der Waals surface area contributed by atoms with Crippen LogP contribution in [0.2, 0.25) is 0 Å². The molecular weight excluding hydrogens is 344 g/mol. The summed E-state index contributed by atoms with van der Waals surface area (Å²) in [6.45, 7) is 3.03. The summed E-state index contributed by atoms with van der Waals surface area (Å²) in [5.41, 5.74) is 2.09. The van der Waals surface area contributed by atoms with Crippen molar-refractivity contribution in [1.82, 2.24) is 20.6 Å². The molecule has 0 radical (unpaired) electrons. The molecule has 0 spiro atoms. The van der Waals surface area contributed by atoms with Crippen LogP contribution in [-0.2, 0) is 4.79 Å². The minimum atomic E-state index is -0.451. The lowest BCUT2D eigenvalue weighted by Crippen LogP contribution is -2.42. The molecule has 2 heterocycles. The van der Waals surface area contributed by atoms with Gasteiger partial charge in [0.25, 0.3) is 11.8 Å². The van der Waals surface area contributed by atoms with Gasteiger partial charge in [0.1, 0.15) is 5.71 Å². The summed E-state index contributed by atoms with van der Waals surface area (Å²) in [5.74, 6) is -0.234. The van der Waals surface area contributed by atoms with E-state index in [1.807, 2.05) is 12.1 Å². The Bertz CT molecular complexity index is 863. The van der Waals surface area contributed by atoms with Gasteiger partial charge in [-0.3, -0.25) is 14.9 Å². The van der Waals surface area contributed by atoms with Crippen molar-refractivity contribution in [2.45, 2.75) is 25.8 Å². The number of carbonyl (C=O) groups is 2. The highest BCUT2D eigenvalue weighted by Crippen LogP contribution is 2.12. The van der Waals surface area contributed by atoms with Crippen molar-refractivity contribution in [2.75, 3.05) is 18.9 Å². The van der Waals surface area contributed by atoms with E-state index in [1.54, 1.807) is 31.5 Å². The SMILES string of the molecule is CCCCNc1ccc(C(=O)N=C2C=C(C3C=[N+]=C(NC)N3)NC2=O)cc1. The third kappa shape index (κ3) is 4.43. The highest BCUT2D eigenvalue weighted by molar-refractivity contribution is 6.47. The van der Waals surface area contributed by atoms with E-state index in [1.165, 1.54) is 0 Å². The third-order valence-electron chi connectivity index (χ3n) is 4.21. The van der Waals surface area contributed by atoms with Gasteiger partial charge in [-0.15, -0.1) is 0 Å². The molecule has 1 unspecified atom stereocenters. The van der Waals surface area contributed by atoms with E-state index < -0.39 is 11.8 Å². The number of rotatable bonds is 6. The number of anilines is 1. The number of benzene rings is 1.